The molecule has 24 heavy (non-hydrogen) atoms. The lowest BCUT2D eigenvalue weighted by atomic mass is 9.86. The summed E-state index contributed by atoms with van der Waals surface area (Å²) in [6, 6.07) is 18.2. The van der Waals surface area contributed by atoms with E-state index in [2.05, 4.69) is 11.4 Å². The number of hydrogen-bond donors (Lipinski definition) is 1. The lowest BCUT2D eigenvalue weighted by Gasteiger charge is -2.25. The number of nitrogens with one attached hydrogen (secondary N) is 1. The molecule has 0 radical (unpaired) electrons. The highest BCUT2D eigenvalue weighted by molar-refractivity contribution is 6.30. The molecule has 0 bridgehead atoms. The minimum atomic E-state index is -0.419. The molecule has 2 rings (SSSR count). The summed E-state index contributed by atoms with van der Waals surface area (Å²) in [5.41, 5.74) is 1.79. The maximum absolute atomic E-state index is 12.5. The van der Waals surface area contributed by atoms with E-state index in [1.165, 1.54) is 0 Å². The Morgan fingerprint density at radius 3 is 2.21 bits per heavy atom. The monoisotopic (exact) mass is 338 g/mol. The van der Waals surface area contributed by atoms with Crippen LogP contribution in [0.5, 0.6) is 0 Å². The van der Waals surface area contributed by atoms with Crippen molar-refractivity contribution in [2.24, 2.45) is 5.41 Å². The molecule has 122 valence electrons. The van der Waals surface area contributed by atoms with E-state index in [-0.39, 0.29) is 5.91 Å². The van der Waals surface area contributed by atoms with E-state index >= 15 is 0 Å². The van der Waals surface area contributed by atoms with Gasteiger partial charge in [-0.25, -0.2) is 0 Å². The Morgan fingerprint density at radius 1 is 1.04 bits per heavy atom. The van der Waals surface area contributed by atoms with Gasteiger partial charge in [0.05, 0.1) is 5.57 Å². The van der Waals surface area contributed by atoms with Gasteiger partial charge in [0.25, 0.3) is 5.91 Å². The SMILES string of the molecule is CC(C)(C)C(NC(=O)c1ccccc1)=C(C#N)c1cccc(Cl)c1. The van der Waals surface area contributed by atoms with E-state index in [0.29, 0.717) is 27.4 Å². The Morgan fingerprint density at radius 2 is 1.67 bits per heavy atom. The van der Waals surface area contributed by atoms with Crippen molar-refractivity contribution in [1.29, 1.82) is 5.26 Å². The van der Waals surface area contributed by atoms with Crippen molar-refractivity contribution in [2.45, 2.75) is 20.8 Å². The molecule has 0 unspecified atom stereocenters. The van der Waals surface area contributed by atoms with Crippen molar-refractivity contribution in [2.75, 3.05) is 0 Å². The summed E-state index contributed by atoms with van der Waals surface area (Å²) in [5, 5.41) is 13.1. The molecule has 2 aromatic rings. The minimum Gasteiger partial charge on any atom is -0.324 e. The molecule has 0 fully saturated rings. The summed E-state index contributed by atoms with van der Waals surface area (Å²) in [6.45, 7) is 5.86. The number of nitrogens with zero attached hydrogens (tertiary/aromatic N) is 1. The molecule has 0 atom stereocenters. The van der Waals surface area contributed by atoms with Gasteiger partial charge in [-0.1, -0.05) is 62.7 Å². The van der Waals surface area contributed by atoms with Crippen LogP contribution in [-0.2, 0) is 0 Å². The fourth-order valence-electron chi connectivity index (χ4n) is 2.31. The maximum atomic E-state index is 12.5. The third-order valence-electron chi connectivity index (χ3n) is 3.50. The number of hydrogen-bond acceptors (Lipinski definition) is 2. The Hall–Kier alpha value is -2.57. The third kappa shape index (κ3) is 4.24. The fraction of sp³-hybridized carbons (Fsp3) is 0.200. The highest BCUT2D eigenvalue weighted by Gasteiger charge is 2.25. The summed E-state index contributed by atoms with van der Waals surface area (Å²) < 4.78 is 0. The molecule has 0 aromatic heterocycles. The van der Waals surface area contributed by atoms with Crippen LogP contribution in [0.25, 0.3) is 5.57 Å². The van der Waals surface area contributed by atoms with E-state index in [1.54, 1.807) is 42.5 Å². The minimum absolute atomic E-state index is 0.240. The standard InChI is InChI=1S/C20H19ClN2O/c1-20(2,3)18(23-19(24)14-8-5-4-6-9-14)17(13-22)15-10-7-11-16(21)12-15/h4-12H,1-3H3,(H,23,24). The summed E-state index contributed by atoms with van der Waals surface area (Å²) in [7, 11) is 0. The van der Waals surface area contributed by atoms with Crippen molar-refractivity contribution in [1.82, 2.24) is 5.32 Å². The first-order chi connectivity index (χ1) is 11.3. The van der Waals surface area contributed by atoms with E-state index in [0.717, 1.165) is 0 Å². The van der Waals surface area contributed by atoms with Crippen LogP contribution in [0.4, 0.5) is 0 Å². The normalized spacial score (nSPS) is 12.1. The van der Waals surface area contributed by atoms with Gasteiger partial charge in [0, 0.05) is 21.7 Å². The van der Waals surface area contributed by atoms with E-state index in [4.69, 9.17) is 11.6 Å². The number of rotatable bonds is 3. The first-order valence-electron chi connectivity index (χ1n) is 7.60. The first-order valence-corrected chi connectivity index (χ1v) is 7.98. The number of carbonyl (C=O) groups is 1. The zero-order valence-electron chi connectivity index (χ0n) is 13.9. The summed E-state index contributed by atoms with van der Waals surface area (Å²) in [5.74, 6) is -0.240. The number of benzene rings is 2. The first kappa shape index (κ1) is 17.8. The van der Waals surface area contributed by atoms with E-state index in [9.17, 15) is 10.1 Å². The highest BCUT2D eigenvalue weighted by Crippen LogP contribution is 2.31. The summed E-state index contributed by atoms with van der Waals surface area (Å²) >= 11 is 6.05. The average molecular weight is 339 g/mol. The number of nitriles is 1. The molecule has 3 nitrogen and oxygen atoms in total. The van der Waals surface area contributed by atoms with Crippen molar-refractivity contribution in [3.05, 3.63) is 76.4 Å². The molecule has 0 saturated carbocycles. The van der Waals surface area contributed by atoms with Crippen molar-refractivity contribution in [3.63, 3.8) is 0 Å². The Kier molecular flexibility index (Phi) is 5.43. The lowest BCUT2D eigenvalue weighted by molar-refractivity contribution is 0.0958. The largest absolute Gasteiger partial charge is 0.324 e. The van der Waals surface area contributed by atoms with Gasteiger partial charge in [0.1, 0.15) is 6.07 Å². The predicted octanol–water partition coefficient (Wildman–Crippen LogP) is 5.05. The molecular formula is C20H19ClN2O. The summed E-state index contributed by atoms with van der Waals surface area (Å²) in [4.78, 5) is 12.5. The Labute approximate surface area is 147 Å². The van der Waals surface area contributed by atoms with Crippen LogP contribution in [0.15, 0.2) is 60.3 Å². The average Bonchev–Trinajstić information content (AvgIpc) is 2.54. The van der Waals surface area contributed by atoms with Gasteiger partial charge in [-0.2, -0.15) is 5.26 Å². The molecule has 1 N–H and O–H groups in total. The lowest BCUT2D eigenvalue weighted by Crippen LogP contribution is -2.31. The van der Waals surface area contributed by atoms with Crippen LogP contribution in [0, 0.1) is 16.7 Å². The molecule has 0 heterocycles. The molecule has 0 saturated heterocycles. The zero-order valence-corrected chi connectivity index (χ0v) is 14.7. The third-order valence-corrected chi connectivity index (χ3v) is 3.73. The number of carbonyl (C=O) groups excluding carboxylic acids is 1. The van der Waals surface area contributed by atoms with E-state index < -0.39 is 5.41 Å². The molecule has 0 aliphatic heterocycles. The van der Waals surface area contributed by atoms with Gasteiger partial charge in [-0.15, -0.1) is 0 Å². The number of amides is 1. The van der Waals surface area contributed by atoms with Crippen LogP contribution < -0.4 is 5.32 Å². The second-order valence-electron chi connectivity index (χ2n) is 6.44. The molecule has 0 aliphatic rings. The second-order valence-corrected chi connectivity index (χ2v) is 6.88. The Bertz CT molecular complexity index is 812. The molecule has 0 aliphatic carbocycles. The van der Waals surface area contributed by atoms with Gasteiger partial charge in [-0.3, -0.25) is 4.79 Å². The smallest absolute Gasteiger partial charge is 0.255 e. The van der Waals surface area contributed by atoms with Gasteiger partial charge < -0.3 is 5.32 Å². The van der Waals surface area contributed by atoms with Crippen molar-refractivity contribution in [3.8, 4) is 6.07 Å². The predicted molar refractivity (Wildman–Crippen MR) is 97.3 cm³/mol. The number of allylic oxidation sites excluding steroid dienone is 2. The van der Waals surface area contributed by atoms with Crippen molar-refractivity contribution >= 4 is 23.1 Å². The Balaban J connectivity index is 2.51. The van der Waals surface area contributed by atoms with Gasteiger partial charge in [0.2, 0.25) is 0 Å². The zero-order chi connectivity index (χ0) is 17.7. The molecule has 0 spiro atoms. The van der Waals surface area contributed by atoms with Gasteiger partial charge >= 0.3 is 0 Å². The summed E-state index contributed by atoms with van der Waals surface area (Å²) in [6.07, 6.45) is 0. The molecule has 2 aromatic carbocycles. The van der Waals surface area contributed by atoms with Crippen LogP contribution in [0.3, 0.4) is 0 Å². The second kappa shape index (κ2) is 7.33. The molecule has 1 amide bonds. The van der Waals surface area contributed by atoms with Crippen LogP contribution in [-0.4, -0.2) is 5.91 Å². The van der Waals surface area contributed by atoms with Crippen LogP contribution in [0.1, 0.15) is 36.7 Å². The quantitative estimate of drug-likeness (QED) is 0.796. The maximum Gasteiger partial charge on any atom is 0.255 e. The van der Waals surface area contributed by atoms with Crippen molar-refractivity contribution < 1.29 is 4.79 Å². The topological polar surface area (TPSA) is 52.9 Å². The van der Waals surface area contributed by atoms with Gasteiger partial charge in [-0.05, 0) is 29.8 Å². The molecular weight excluding hydrogens is 320 g/mol. The van der Waals surface area contributed by atoms with E-state index in [1.807, 2.05) is 32.9 Å². The van der Waals surface area contributed by atoms with Gasteiger partial charge in [0.15, 0.2) is 0 Å². The molecule has 4 heteroatoms. The highest BCUT2D eigenvalue weighted by atomic mass is 35.5. The number of halogens is 1. The van der Waals surface area contributed by atoms with Crippen LogP contribution >= 0.6 is 11.6 Å². The van der Waals surface area contributed by atoms with Crippen LogP contribution in [0.2, 0.25) is 5.02 Å². The fourth-order valence-corrected chi connectivity index (χ4v) is 2.50.